The predicted octanol–water partition coefficient (Wildman–Crippen LogP) is 3.54. The van der Waals surface area contributed by atoms with Crippen LogP contribution in [0, 0.1) is 5.92 Å². The van der Waals surface area contributed by atoms with Gasteiger partial charge in [-0.3, -0.25) is 0 Å². The summed E-state index contributed by atoms with van der Waals surface area (Å²) in [4.78, 5) is 0. The van der Waals surface area contributed by atoms with Crippen LogP contribution in [0.2, 0.25) is 0 Å². The van der Waals surface area contributed by atoms with Crippen LogP contribution in [0.3, 0.4) is 0 Å². The second-order valence-corrected chi connectivity index (χ2v) is 5.89. The van der Waals surface area contributed by atoms with Gasteiger partial charge in [-0.1, -0.05) is 30.3 Å². The lowest BCUT2D eigenvalue weighted by Gasteiger charge is -2.25. The van der Waals surface area contributed by atoms with E-state index in [1.54, 1.807) is 7.11 Å². The highest BCUT2D eigenvalue weighted by Gasteiger charge is 2.32. The molecule has 1 aromatic carbocycles. The van der Waals surface area contributed by atoms with E-state index in [4.69, 9.17) is 4.74 Å². The molecule has 0 saturated heterocycles. The highest BCUT2D eigenvalue weighted by molar-refractivity contribution is 5.21. The minimum absolute atomic E-state index is 0.0300. The zero-order chi connectivity index (χ0) is 13.0. The summed E-state index contributed by atoms with van der Waals surface area (Å²) in [6.07, 6.45) is 3.76. The summed E-state index contributed by atoms with van der Waals surface area (Å²) in [5, 5.41) is 3.71. The molecule has 18 heavy (non-hydrogen) atoms. The molecule has 1 atom stereocenters. The van der Waals surface area contributed by atoms with E-state index in [1.165, 1.54) is 18.4 Å². The fourth-order valence-electron chi connectivity index (χ4n) is 2.28. The van der Waals surface area contributed by atoms with Crippen molar-refractivity contribution in [1.29, 1.82) is 0 Å². The molecule has 0 aromatic heterocycles. The van der Waals surface area contributed by atoms with Crippen molar-refractivity contribution in [3.63, 3.8) is 0 Å². The molecule has 100 valence electrons. The lowest BCUT2D eigenvalue weighted by molar-refractivity contribution is 0.0152. The first-order chi connectivity index (χ1) is 8.62. The normalized spacial score (nSPS) is 17.7. The zero-order valence-electron chi connectivity index (χ0n) is 11.8. The molecule has 0 amide bonds. The van der Waals surface area contributed by atoms with Crippen LogP contribution < -0.4 is 5.32 Å². The summed E-state index contributed by atoms with van der Waals surface area (Å²) in [6, 6.07) is 11.3. The first kappa shape index (κ1) is 13.6. The Labute approximate surface area is 111 Å². The van der Waals surface area contributed by atoms with Crippen molar-refractivity contribution in [2.75, 3.05) is 13.7 Å². The first-order valence-electron chi connectivity index (χ1n) is 6.96. The molecule has 1 unspecified atom stereocenters. The number of hydrogen-bond donors (Lipinski definition) is 1. The number of hydrogen-bond acceptors (Lipinski definition) is 2. The smallest absolute Gasteiger partial charge is 0.0634 e. The molecule has 0 aliphatic heterocycles. The lowest BCUT2D eigenvalue weighted by Crippen LogP contribution is -2.31. The predicted molar refractivity (Wildman–Crippen MR) is 75.6 cm³/mol. The molecule has 0 bridgehead atoms. The lowest BCUT2D eigenvalue weighted by atomic mass is 10.0. The van der Waals surface area contributed by atoms with E-state index in [0.29, 0.717) is 6.04 Å². The van der Waals surface area contributed by atoms with Crippen LogP contribution in [-0.4, -0.2) is 19.3 Å². The van der Waals surface area contributed by atoms with Crippen molar-refractivity contribution in [3.8, 4) is 0 Å². The van der Waals surface area contributed by atoms with E-state index in [2.05, 4.69) is 49.5 Å². The molecule has 2 heteroatoms. The number of benzene rings is 1. The average molecular weight is 247 g/mol. The Morgan fingerprint density at radius 1 is 1.28 bits per heavy atom. The Kier molecular flexibility index (Phi) is 4.41. The van der Waals surface area contributed by atoms with Crippen LogP contribution in [0.5, 0.6) is 0 Å². The molecule has 2 rings (SSSR count). The highest BCUT2D eigenvalue weighted by Crippen LogP contribution is 2.40. The summed E-state index contributed by atoms with van der Waals surface area (Å²) in [5.74, 6) is 0.832. The minimum Gasteiger partial charge on any atom is -0.379 e. The van der Waals surface area contributed by atoms with Gasteiger partial charge in [-0.05, 0) is 51.1 Å². The molecule has 1 saturated carbocycles. The molecule has 2 nitrogen and oxygen atoms in total. The number of rotatable bonds is 7. The molecular weight excluding hydrogens is 222 g/mol. The molecule has 1 fully saturated rings. The van der Waals surface area contributed by atoms with Crippen LogP contribution in [0.4, 0.5) is 0 Å². The Morgan fingerprint density at radius 2 is 1.94 bits per heavy atom. The first-order valence-corrected chi connectivity index (χ1v) is 6.96. The molecule has 0 heterocycles. The summed E-state index contributed by atoms with van der Waals surface area (Å²) >= 11 is 0. The largest absolute Gasteiger partial charge is 0.379 e. The summed E-state index contributed by atoms with van der Waals surface area (Å²) in [7, 11) is 1.79. The maximum atomic E-state index is 5.46. The van der Waals surface area contributed by atoms with Gasteiger partial charge in [0.05, 0.1) is 5.60 Å². The SMILES string of the molecule is COC(C)(C)CCNC(c1ccccc1)C1CC1. The van der Waals surface area contributed by atoms with Gasteiger partial charge in [-0.15, -0.1) is 0 Å². The third-order valence-electron chi connectivity index (χ3n) is 3.90. The summed E-state index contributed by atoms with van der Waals surface area (Å²) in [6.45, 7) is 5.30. The maximum absolute atomic E-state index is 5.46. The average Bonchev–Trinajstić information content (AvgIpc) is 3.20. The van der Waals surface area contributed by atoms with Gasteiger partial charge in [0.15, 0.2) is 0 Å². The van der Waals surface area contributed by atoms with Crippen molar-refractivity contribution >= 4 is 0 Å². The van der Waals surface area contributed by atoms with Gasteiger partial charge in [-0.25, -0.2) is 0 Å². The number of nitrogens with one attached hydrogen (secondary N) is 1. The molecule has 1 N–H and O–H groups in total. The minimum atomic E-state index is -0.0300. The molecule has 0 spiro atoms. The molecule has 1 aromatic rings. The molecular formula is C16H25NO. The maximum Gasteiger partial charge on any atom is 0.0634 e. The van der Waals surface area contributed by atoms with E-state index >= 15 is 0 Å². The quantitative estimate of drug-likeness (QED) is 0.795. The molecule has 1 aliphatic rings. The zero-order valence-corrected chi connectivity index (χ0v) is 11.8. The summed E-state index contributed by atoms with van der Waals surface area (Å²) in [5.41, 5.74) is 1.40. The van der Waals surface area contributed by atoms with Gasteiger partial charge in [0.2, 0.25) is 0 Å². The van der Waals surface area contributed by atoms with Crippen molar-refractivity contribution in [3.05, 3.63) is 35.9 Å². The van der Waals surface area contributed by atoms with Crippen LogP contribution in [-0.2, 0) is 4.74 Å². The van der Waals surface area contributed by atoms with Crippen molar-refractivity contribution in [1.82, 2.24) is 5.32 Å². The van der Waals surface area contributed by atoms with E-state index < -0.39 is 0 Å². The molecule has 0 radical (unpaired) electrons. The van der Waals surface area contributed by atoms with Gasteiger partial charge < -0.3 is 10.1 Å². The Morgan fingerprint density at radius 3 is 2.50 bits per heavy atom. The Balaban J connectivity index is 1.88. The van der Waals surface area contributed by atoms with Crippen molar-refractivity contribution in [2.24, 2.45) is 5.92 Å². The van der Waals surface area contributed by atoms with E-state index in [9.17, 15) is 0 Å². The van der Waals surface area contributed by atoms with Gasteiger partial charge in [0.25, 0.3) is 0 Å². The highest BCUT2D eigenvalue weighted by atomic mass is 16.5. The monoisotopic (exact) mass is 247 g/mol. The van der Waals surface area contributed by atoms with Gasteiger partial charge in [0.1, 0.15) is 0 Å². The van der Waals surface area contributed by atoms with Gasteiger partial charge in [0, 0.05) is 13.2 Å². The standard InChI is InChI=1S/C16H25NO/c1-16(2,18-3)11-12-17-15(14-9-10-14)13-7-5-4-6-8-13/h4-8,14-15,17H,9-12H2,1-3H3. The van der Waals surface area contributed by atoms with Crippen LogP contribution in [0.1, 0.15) is 44.7 Å². The van der Waals surface area contributed by atoms with Gasteiger partial charge in [-0.2, -0.15) is 0 Å². The van der Waals surface area contributed by atoms with Crippen LogP contribution in [0.25, 0.3) is 0 Å². The number of ether oxygens (including phenoxy) is 1. The van der Waals surface area contributed by atoms with Crippen molar-refractivity contribution < 1.29 is 4.74 Å². The third kappa shape index (κ3) is 3.82. The Bertz CT molecular complexity index is 357. The van der Waals surface area contributed by atoms with E-state index in [1.807, 2.05) is 0 Å². The second kappa shape index (κ2) is 5.85. The van der Waals surface area contributed by atoms with Crippen LogP contribution in [0.15, 0.2) is 30.3 Å². The number of methoxy groups -OCH3 is 1. The van der Waals surface area contributed by atoms with Crippen molar-refractivity contribution in [2.45, 2.75) is 44.8 Å². The fourth-order valence-corrected chi connectivity index (χ4v) is 2.28. The Hall–Kier alpha value is -0.860. The fraction of sp³-hybridized carbons (Fsp3) is 0.625. The van der Waals surface area contributed by atoms with E-state index in [0.717, 1.165) is 18.9 Å². The van der Waals surface area contributed by atoms with Crippen LogP contribution >= 0.6 is 0 Å². The summed E-state index contributed by atoms with van der Waals surface area (Å²) < 4.78 is 5.46. The third-order valence-corrected chi connectivity index (χ3v) is 3.90. The second-order valence-electron chi connectivity index (χ2n) is 5.89. The van der Waals surface area contributed by atoms with E-state index in [-0.39, 0.29) is 5.60 Å². The molecule has 1 aliphatic carbocycles. The van der Waals surface area contributed by atoms with Gasteiger partial charge >= 0.3 is 0 Å². The topological polar surface area (TPSA) is 21.3 Å².